The van der Waals surface area contributed by atoms with Gasteiger partial charge in [0.1, 0.15) is 23.0 Å². The minimum absolute atomic E-state index is 0.0619. The summed E-state index contributed by atoms with van der Waals surface area (Å²) in [4.78, 5) is 114. The first-order valence-electron chi connectivity index (χ1n) is 31.9. The number of rotatable bonds is 40. The quantitative estimate of drug-likeness (QED) is 0.0161. The summed E-state index contributed by atoms with van der Waals surface area (Å²) in [7, 11) is 0. The number of carbonyl (C=O) groups is 8. The van der Waals surface area contributed by atoms with Gasteiger partial charge in [-0.15, -0.1) is 0 Å². The molecule has 20 heteroatoms. The van der Waals surface area contributed by atoms with Crippen LogP contribution in [0.5, 0.6) is 23.0 Å². The molecule has 0 aliphatic carbocycles. The molecule has 0 saturated carbocycles. The fraction of sp³-hybridized carbons (Fsp3) is 0.457. The average molecular weight is 1240 g/mol. The maximum atomic E-state index is 15.1. The third-order valence-corrected chi connectivity index (χ3v) is 14.1. The third kappa shape index (κ3) is 21.7. The van der Waals surface area contributed by atoms with Crippen LogP contribution in [0.3, 0.4) is 0 Å². The zero-order chi connectivity index (χ0) is 65.2. The van der Waals surface area contributed by atoms with Gasteiger partial charge in [0.15, 0.2) is 0 Å². The predicted molar refractivity (Wildman–Crippen MR) is 346 cm³/mol. The summed E-state index contributed by atoms with van der Waals surface area (Å²) in [5.41, 5.74) is -1.53. The lowest BCUT2D eigenvalue weighted by atomic mass is 10.0. The summed E-state index contributed by atoms with van der Waals surface area (Å²) in [5, 5.41) is 11.1. The second-order valence-corrected chi connectivity index (χ2v) is 21.1. The summed E-state index contributed by atoms with van der Waals surface area (Å²) in [6, 6.07) is 20.8. The highest BCUT2D eigenvalue weighted by Gasteiger charge is 2.30. The van der Waals surface area contributed by atoms with Crippen LogP contribution in [0.25, 0.3) is 0 Å². The Hall–Kier alpha value is -8.94. The molecule has 486 valence electrons. The number of unbranched alkanes of at least 4 members (excludes halogenated alkanes) is 12. The fourth-order valence-electron chi connectivity index (χ4n) is 9.44. The number of nitrogens with one attached hydrogen (secondary N) is 4. The van der Waals surface area contributed by atoms with Crippen LogP contribution in [0, 0.1) is 0 Å². The van der Waals surface area contributed by atoms with E-state index in [1.807, 2.05) is 0 Å². The van der Waals surface area contributed by atoms with Crippen molar-refractivity contribution >= 4 is 70.3 Å². The Morgan fingerprint density at radius 1 is 0.278 bits per heavy atom. The van der Waals surface area contributed by atoms with Crippen molar-refractivity contribution in [3.63, 3.8) is 0 Å². The molecule has 0 aliphatic rings. The van der Waals surface area contributed by atoms with Crippen LogP contribution in [0.2, 0.25) is 0 Å². The van der Waals surface area contributed by atoms with E-state index in [1.165, 1.54) is 36.4 Å². The molecule has 0 atom stereocenters. The highest BCUT2D eigenvalue weighted by Crippen LogP contribution is 2.36. The first-order chi connectivity index (χ1) is 43.7. The molecule has 0 saturated heterocycles. The SMILES string of the molecule is CCCCCCOc1ccccc1C(=O)Nc1cc(C(=O)OCC)c(NC(=O)c2cc(OCCCCCC)c(C(=O)Nc3cc(C(=O)OCC)c(NC(=O)c4ccccc4OCCCCCC)cc3C(=O)OCC)cc2OCCCCCC)cc1C(=O)OCC. The molecule has 0 heterocycles. The highest BCUT2D eigenvalue weighted by atomic mass is 16.5. The Balaban J connectivity index is 1.64. The Labute approximate surface area is 529 Å². The number of ether oxygens (including phenoxy) is 8. The number of benzene rings is 5. The molecule has 0 bridgehead atoms. The second-order valence-electron chi connectivity index (χ2n) is 21.1. The first-order valence-corrected chi connectivity index (χ1v) is 31.9. The molecular formula is C70H90N4O16. The van der Waals surface area contributed by atoms with Crippen LogP contribution in [0.4, 0.5) is 22.7 Å². The molecule has 0 aliphatic heterocycles. The van der Waals surface area contributed by atoms with Gasteiger partial charge in [-0.1, -0.05) is 129 Å². The molecule has 4 amide bonds. The Morgan fingerprint density at radius 3 is 0.778 bits per heavy atom. The summed E-state index contributed by atoms with van der Waals surface area (Å²) in [6.07, 6.45) is 13.9. The Morgan fingerprint density at radius 2 is 0.522 bits per heavy atom. The van der Waals surface area contributed by atoms with Crippen LogP contribution < -0.4 is 40.2 Å². The smallest absolute Gasteiger partial charge is 0.340 e. The van der Waals surface area contributed by atoms with Crippen molar-refractivity contribution in [1.82, 2.24) is 0 Å². The highest BCUT2D eigenvalue weighted by molar-refractivity contribution is 6.17. The maximum Gasteiger partial charge on any atom is 0.340 e. The van der Waals surface area contributed by atoms with Crippen molar-refractivity contribution in [2.24, 2.45) is 0 Å². The van der Waals surface area contributed by atoms with E-state index in [2.05, 4.69) is 49.0 Å². The summed E-state index contributed by atoms with van der Waals surface area (Å²) in [5.74, 6) is -6.19. The van der Waals surface area contributed by atoms with Crippen LogP contribution in [-0.4, -0.2) is 100 Å². The molecule has 4 N–H and O–H groups in total. The molecule has 0 radical (unpaired) electrons. The standard InChI is InChI=1S/C70H90N4O16/c1-9-17-21-29-37-87-59-35-27-25-33-47(59)63(75)71-55-41-51(69(81)85-15-7)57(43-49(55)67(79)83-13-5)73-65(77)53-45-62(90-40-32-24-20-12-4)54(46-61(53)89-39-31-23-19-11-3)66(78)74-58-44-50(68(80)84-14-6)56(42-52(58)70(82)86-16-8)72-64(76)48-34-26-28-36-60(48)88-38-30-22-18-10-2/h25-28,33-36,41-46H,9-24,29-32,37-40H2,1-8H3,(H,71,75)(H,72,76)(H,73,77)(H,74,78). The van der Waals surface area contributed by atoms with Crippen LogP contribution in [0.1, 0.15) is 241 Å². The lowest BCUT2D eigenvalue weighted by molar-refractivity contribution is 0.0513. The molecule has 5 rings (SSSR count). The van der Waals surface area contributed by atoms with Crippen LogP contribution in [-0.2, 0) is 18.9 Å². The molecule has 0 aromatic heterocycles. The van der Waals surface area contributed by atoms with E-state index in [9.17, 15) is 28.8 Å². The zero-order valence-electron chi connectivity index (χ0n) is 53.6. The fourth-order valence-corrected chi connectivity index (χ4v) is 9.44. The maximum absolute atomic E-state index is 15.1. The molecule has 0 unspecified atom stereocenters. The van der Waals surface area contributed by atoms with E-state index in [0.29, 0.717) is 37.6 Å². The van der Waals surface area contributed by atoms with Gasteiger partial charge in [0.05, 0.1) is 120 Å². The van der Waals surface area contributed by atoms with Gasteiger partial charge in [-0.25, -0.2) is 19.2 Å². The van der Waals surface area contributed by atoms with E-state index < -0.39 is 47.5 Å². The lowest BCUT2D eigenvalue weighted by Crippen LogP contribution is -2.22. The van der Waals surface area contributed by atoms with E-state index in [0.717, 1.165) is 89.9 Å². The minimum atomic E-state index is -0.905. The number of amides is 4. The van der Waals surface area contributed by atoms with Crippen molar-refractivity contribution < 1.29 is 76.3 Å². The van der Waals surface area contributed by atoms with E-state index in [1.54, 1.807) is 76.2 Å². The predicted octanol–water partition coefficient (Wildman–Crippen LogP) is 15.2. The molecule has 90 heavy (non-hydrogen) atoms. The van der Waals surface area contributed by atoms with Crippen molar-refractivity contribution in [2.45, 2.75) is 158 Å². The van der Waals surface area contributed by atoms with Crippen molar-refractivity contribution in [1.29, 1.82) is 0 Å². The second kappa shape index (κ2) is 39.1. The van der Waals surface area contributed by atoms with Gasteiger partial charge < -0.3 is 59.2 Å². The monoisotopic (exact) mass is 1240 g/mol. The minimum Gasteiger partial charge on any atom is -0.493 e. The van der Waals surface area contributed by atoms with Gasteiger partial charge in [-0.3, -0.25) is 19.2 Å². The topological polar surface area (TPSA) is 259 Å². The van der Waals surface area contributed by atoms with E-state index >= 15 is 9.59 Å². The molecule has 5 aromatic rings. The lowest BCUT2D eigenvalue weighted by Gasteiger charge is -2.20. The number of esters is 4. The van der Waals surface area contributed by atoms with Gasteiger partial charge in [0, 0.05) is 0 Å². The van der Waals surface area contributed by atoms with Gasteiger partial charge in [0.25, 0.3) is 23.6 Å². The molecule has 5 aromatic carbocycles. The number of hydrogen-bond acceptors (Lipinski definition) is 16. The number of carbonyl (C=O) groups excluding carboxylic acids is 8. The number of hydrogen-bond donors (Lipinski definition) is 4. The van der Waals surface area contributed by atoms with Gasteiger partial charge in [-0.05, 0) is 114 Å². The normalized spacial score (nSPS) is 10.8. The van der Waals surface area contributed by atoms with Crippen LogP contribution >= 0.6 is 0 Å². The molecule has 0 fully saturated rings. The van der Waals surface area contributed by atoms with E-state index in [-0.39, 0.29) is 118 Å². The van der Waals surface area contributed by atoms with Crippen molar-refractivity contribution in [3.8, 4) is 23.0 Å². The molecule has 20 nitrogen and oxygen atoms in total. The van der Waals surface area contributed by atoms with Crippen molar-refractivity contribution in [3.05, 3.63) is 129 Å². The van der Waals surface area contributed by atoms with Gasteiger partial charge in [-0.2, -0.15) is 0 Å². The van der Waals surface area contributed by atoms with E-state index in [4.69, 9.17) is 37.9 Å². The van der Waals surface area contributed by atoms with Crippen LogP contribution in [0.15, 0.2) is 84.9 Å². The molecular weight excluding hydrogens is 1150 g/mol. The zero-order valence-corrected chi connectivity index (χ0v) is 53.6. The largest absolute Gasteiger partial charge is 0.493 e. The Kier molecular flexibility index (Phi) is 31.2. The number of anilines is 4. The summed E-state index contributed by atoms with van der Waals surface area (Å²) >= 11 is 0. The van der Waals surface area contributed by atoms with Gasteiger partial charge in [0.2, 0.25) is 0 Å². The molecule has 0 spiro atoms. The number of para-hydroxylation sites is 2. The van der Waals surface area contributed by atoms with Gasteiger partial charge >= 0.3 is 23.9 Å². The average Bonchev–Trinajstić information content (AvgIpc) is 0.930. The third-order valence-electron chi connectivity index (χ3n) is 14.1. The van der Waals surface area contributed by atoms with Crippen molar-refractivity contribution in [2.75, 3.05) is 74.1 Å². The summed E-state index contributed by atoms with van der Waals surface area (Å²) in [6.45, 7) is 15.4. The summed E-state index contributed by atoms with van der Waals surface area (Å²) < 4.78 is 46.6. The Bertz CT molecular complexity index is 3000. The first kappa shape index (κ1) is 71.8.